The second kappa shape index (κ2) is 26.1. The van der Waals surface area contributed by atoms with Crippen LogP contribution in [-0.4, -0.2) is 6.79 Å². The summed E-state index contributed by atoms with van der Waals surface area (Å²) in [6.07, 6.45) is 14.0. The summed E-state index contributed by atoms with van der Waals surface area (Å²) in [7, 11) is -0.892. The van der Waals surface area contributed by atoms with Gasteiger partial charge in [-0.25, -0.2) is 0 Å². The number of rotatable bonds is 6. The van der Waals surface area contributed by atoms with Gasteiger partial charge < -0.3 is 17.2 Å². The van der Waals surface area contributed by atoms with Gasteiger partial charge in [-0.2, -0.15) is 0 Å². The molecule has 0 saturated heterocycles. The molecule has 1 nitrogen and oxygen atoms in total. The van der Waals surface area contributed by atoms with E-state index in [9.17, 15) is 0 Å². The van der Waals surface area contributed by atoms with Crippen LogP contribution in [0.15, 0.2) is 206 Å². The number of halogens is 1. The predicted octanol–water partition coefficient (Wildman–Crippen LogP) is 6.38. The van der Waals surface area contributed by atoms with Crippen LogP contribution in [-0.2, 0) is 24.9 Å². The van der Waals surface area contributed by atoms with Crippen LogP contribution in [0.2, 0.25) is 0 Å². The topological polar surface area (TPSA) is 17.1 Å². The Bertz CT molecular complexity index is 1410. The van der Waals surface area contributed by atoms with Gasteiger partial charge in [0.25, 0.3) is 0 Å². The molecule has 0 saturated carbocycles. The average Bonchev–Trinajstić information content (AvgIpc) is 3.16. The molecule has 0 amide bonds. The number of benzene rings is 6. The van der Waals surface area contributed by atoms with E-state index in [0.29, 0.717) is 0 Å². The minimum absolute atomic E-state index is 0. The molecule has 1 aliphatic carbocycles. The quantitative estimate of drug-likeness (QED) is 0.140. The fraction of sp³-hybridized carbons (Fsp3) is 0.0889. The Balaban J connectivity index is 0.000000266. The molecule has 0 radical (unpaired) electrons. The van der Waals surface area contributed by atoms with Crippen molar-refractivity contribution in [1.82, 2.24) is 0 Å². The van der Waals surface area contributed by atoms with Gasteiger partial charge in [0.2, 0.25) is 0 Å². The van der Waals surface area contributed by atoms with Crippen molar-refractivity contribution < 1.29 is 37.3 Å². The molecule has 0 spiro atoms. The van der Waals surface area contributed by atoms with Crippen molar-refractivity contribution in [2.45, 2.75) is 25.7 Å². The second-order valence-electron chi connectivity index (χ2n) is 10.8. The van der Waals surface area contributed by atoms with Crippen LogP contribution < -0.4 is 44.2 Å². The number of allylic oxidation sites excluding steroid dienone is 4. The molecule has 7 rings (SSSR count). The minimum Gasteiger partial charge on any atom is -1.00 e. The zero-order valence-corrected chi connectivity index (χ0v) is 33.1. The summed E-state index contributed by atoms with van der Waals surface area (Å²) in [4.78, 5) is 8.00. The van der Waals surface area contributed by atoms with Crippen LogP contribution in [0.3, 0.4) is 0 Å². The molecule has 0 bridgehead atoms. The molecular weight excluding hydrogens is 846 g/mol. The summed E-state index contributed by atoms with van der Waals surface area (Å²) in [5.41, 5.74) is 0. The van der Waals surface area contributed by atoms with Crippen molar-refractivity contribution in [3.63, 3.8) is 0 Å². The van der Waals surface area contributed by atoms with E-state index in [0.717, 1.165) is 0 Å². The first-order valence-corrected chi connectivity index (χ1v) is 19.1. The molecule has 5 heteroatoms. The van der Waals surface area contributed by atoms with E-state index in [4.69, 9.17) is 4.79 Å². The summed E-state index contributed by atoms with van der Waals surface area (Å²) in [5.74, 6) is 0. The molecule has 0 aromatic heterocycles. The second-order valence-corrected chi connectivity index (χ2v) is 15.2. The van der Waals surface area contributed by atoms with Crippen molar-refractivity contribution in [2.75, 3.05) is 0 Å². The number of hydrogen-bond donors (Lipinski definition) is 0. The largest absolute Gasteiger partial charge is 1.00 e. The standard InChI is InChI=1S/2C18H15P.C8H12.CH2O.ClH.Ir/c2*1-4-10-16(11-5-1)19(17-12-6-2-7-13-17)18-14-8-3-9-15-18;1-2-4-6-8-7-5-3-1;1-2;;/h2*1-15H;1-2,7-8H,3-6H2;1H2;1H;/q;;;;;+1/p-1/b;;2-1-,8-7-;;;. The van der Waals surface area contributed by atoms with E-state index in [1.165, 1.54) is 57.5 Å². The first-order chi connectivity index (χ1) is 23.9. The predicted molar refractivity (Wildman–Crippen MR) is 214 cm³/mol. The smallest absolute Gasteiger partial charge is 1.00 e. The van der Waals surface area contributed by atoms with Crippen molar-refractivity contribution in [3.8, 4) is 0 Å². The Hall–Kier alpha value is -3.73. The molecule has 256 valence electrons. The Morgan fingerprint density at radius 2 is 0.440 bits per heavy atom. The third-order valence-electron chi connectivity index (χ3n) is 7.42. The summed E-state index contributed by atoms with van der Waals surface area (Å²) >= 11 is 0. The minimum atomic E-state index is -0.446. The van der Waals surface area contributed by atoms with Crippen LogP contribution >= 0.6 is 15.8 Å². The maximum Gasteiger partial charge on any atom is 1.00 e. The van der Waals surface area contributed by atoms with Crippen molar-refractivity contribution >= 4 is 54.5 Å². The maximum atomic E-state index is 8.00. The number of carbonyl (C=O) groups is 1. The van der Waals surface area contributed by atoms with E-state index in [1.807, 2.05) is 6.79 Å². The number of carbonyl (C=O) groups excluding carboxylic acids is 1. The Labute approximate surface area is 321 Å². The summed E-state index contributed by atoms with van der Waals surface area (Å²) < 4.78 is 0. The SMILES string of the molecule is C1=C\CC/C=C\CC/1.C=O.[Cl-].[Ir+].c1ccc(P(c2ccccc2)c2ccccc2)cc1.c1ccc(P(c2ccccc2)c2ccccc2)cc1. The van der Waals surface area contributed by atoms with Gasteiger partial charge in [-0.15, -0.1) is 0 Å². The van der Waals surface area contributed by atoms with Crippen molar-refractivity contribution in [2.24, 2.45) is 0 Å². The third kappa shape index (κ3) is 14.2. The van der Waals surface area contributed by atoms with E-state index in [1.54, 1.807) is 0 Å². The van der Waals surface area contributed by atoms with Gasteiger partial charge in [0.1, 0.15) is 6.79 Å². The van der Waals surface area contributed by atoms with Crippen molar-refractivity contribution in [1.29, 1.82) is 0 Å². The Morgan fingerprint density at radius 1 is 0.300 bits per heavy atom. The van der Waals surface area contributed by atoms with Gasteiger partial charge in [-0.1, -0.05) is 206 Å². The molecule has 0 fully saturated rings. The van der Waals surface area contributed by atoms with Gasteiger partial charge in [0, 0.05) is 0 Å². The third-order valence-corrected chi connectivity index (χ3v) is 12.3. The number of hydrogen-bond acceptors (Lipinski definition) is 1. The Morgan fingerprint density at radius 3 is 0.580 bits per heavy atom. The van der Waals surface area contributed by atoms with Crippen LogP contribution in [0.1, 0.15) is 25.7 Å². The van der Waals surface area contributed by atoms with Gasteiger partial charge >= 0.3 is 20.1 Å². The van der Waals surface area contributed by atoms with Gasteiger partial charge in [0.15, 0.2) is 0 Å². The first kappa shape index (κ1) is 42.4. The molecule has 50 heavy (non-hydrogen) atoms. The van der Waals surface area contributed by atoms with Crippen molar-refractivity contribution in [3.05, 3.63) is 206 Å². The van der Waals surface area contributed by atoms with E-state index >= 15 is 0 Å². The summed E-state index contributed by atoms with van der Waals surface area (Å²) in [6, 6.07) is 64.7. The molecule has 0 heterocycles. The van der Waals surface area contributed by atoms with Crippen LogP contribution in [0, 0.1) is 0 Å². The molecule has 0 atom stereocenters. The van der Waals surface area contributed by atoms with Gasteiger partial charge in [-0.3, -0.25) is 0 Å². The Kier molecular flexibility index (Phi) is 22.2. The molecule has 6 aromatic carbocycles. The molecular formula is C45H44ClIrOP2. The zero-order valence-electron chi connectivity index (χ0n) is 28.2. The zero-order chi connectivity index (χ0) is 33.5. The van der Waals surface area contributed by atoms with E-state index < -0.39 is 15.8 Å². The summed E-state index contributed by atoms with van der Waals surface area (Å²) in [5, 5.41) is 8.39. The maximum absolute atomic E-state index is 8.00. The summed E-state index contributed by atoms with van der Waals surface area (Å²) in [6.45, 7) is 2.00. The van der Waals surface area contributed by atoms with E-state index in [2.05, 4.69) is 206 Å². The molecule has 0 aliphatic heterocycles. The van der Waals surface area contributed by atoms with Gasteiger partial charge in [0.05, 0.1) is 0 Å². The fourth-order valence-corrected chi connectivity index (χ4v) is 9.82. The van der Waals surface area contributed by atoms with Crippen LogP contribution in [0.4, 0.5) is 0 Å². The molecule has 0 unspecified atom stereocenters. The van der Waals surface area contributed by atoms with Crippen LogP contribution in [0.5, 0.6) is 0 Å². The fourth-order valence-electron chi connectivity index (χ4n) is 5.21. The van der Waals surface area contributed by atoms with Gasteiger partial charge in [-0.05, 0) is 73.4 Å². The monoisotopic (exact) mass is 890 g/mol. The van der Waals surface area contributed by atoms with E-state index in [-0.39, 0.29) is 32.5 Å². The molecule has 1 aliphatic rings. The van der Waals surface area contributed by atoms with Crippen LogP contribution in [0.25, 0.3) is 0 Å². The average molecular weight is 890 g/mol. The molecule has 6 aromatic rings. The normalized spacial score (nSPS) is 12.6. The first-order valence-electron chi connectivity index (χ1n) is 16.4. The molecule has 0 N–H and O–H groups in total.